The third-order valence-corrected chi connectivity index (χ3v) is 4.71. The second-order valence-electron chi connectivity index (χ2n) is 6.58. The van der Waals surface area contributed by atoms with Crippen molar-refractivity contribution in [1.82, 2.24) is 15.0 Å². The summed E-state index contributed by atoms with van der Waals surface area (Å²) in [6.45, 7) is 5.81. The average Bonchev–Trinajstić information content (AvgIpc) is 2.93. The molecule has 5 nitrogen and oxygen atoms in total. The Labute approximate surface area is 137 Å². The Morgan fingerprint density at radius 2 is 1.87 bits per heavy atom. The summed E-state index contributed by atoms with van der Waals surface area (Å²) < 4.78 is 7.13. The lowest BCUT2D eigenvalue weighted by molar-refractivity contribution is 0.0932. The summed E-state index contributed by atoms with van der Waals surface area (Å²) in [7, 11) is 0. The highest BCUT2D eigenvalue weighted by molar-refractivity contribution is 5.96. The first-order valence-electron chi connectivity index (χ1n) is 8.50. The highest BCUT2D eigenvalue weighted by atomic mass is 16.5. The van der Waals surface area contributed by atoms with Gasteiger partial charge in [-0.15, -0.1) is 0 Å². The molecule has 0 spiro atoms. The molecule has 0 atom stereocenters. The third kappa shape index (κ3) is 3.33. The number of amides is 1. The van der Waals surface area contributed by atoms with Gasteiger partial charge in [-0.2, -0.15) is 0 Å². The van der Waals surface area contributed by atoms with Crippen LogP contribution in [-0.4, -0.2) is 21.7 Å². The SMILES string of the molecule is Cc1cc(-n2c(C)cc(C(=O)NC3CCCCCC3)c2C)no1. The van der Waals surface area contributed by atoms with Gasteiger partial charge in [-0.25, -0.2) is 0 Å². The topological polar surface area (TPSA) is 60.1 Å². The van der Waals surface area contributed by atoms with Crippen molar-refractivity contribution in [2.75, 3.05) is 0 Å². The number of aromatic nitrogens is 2. The van der Waals surface area contributed by atoms with Gasteiger partial charge in [0.05, 0.1) is 5.56 Å². The summed E-state index contributed by atoms with van der Waals surface area (Å²) in [5, 5.41) is 7.28. The van der Waals surface area contributed by atoms with Crippen LogP contribution in [0, 0.1) is 20.8 Å². The van der Waals surface area contributed by atoms with Gasteiger partial charge in [-0.05, 0) is 39.7 Å². The van der Waals surface area contributed by atoms with E-state index in [0.29, 0.717) is 6.04 Å². The van der Waals surface area contributed by atoms with Gasteiger partial charge >= 0.3 is 0 Å². The minimum Gasteiger partial charge on any atom is -0.360 e. The Balaban J connectivity index is 1.81. The maximum atomic E-state index is 12.7. The van der Waals surface area contributed by atoms with E-state index in [2.05, 4.69) is 10.5 Å². The van der Waals surface area contributed by atoms with Crippen LogP contribution in [0.5, 0.6) is 0 Å². The first-order chi connectivity index (χ1) is 11.1. The van der Waals surface area contributed by atoms with Crippen molar-refractivity contribution in [2.45, 2.75) is 65.3 Å². The Morgan fingerprint density at radius 1 is 1.17 bits per heavy atom. The number of carbonyl (C=O) groups excluding carboxylic acids is 1. The molecule has 23 heavy (non-hydrogen) atoms. The zero-order valence-corrected chi connectivity index (χ0v) is 14.2. The number of hydrogen-bond acceptors (Lipinski definition) is 3. The molecule has 0 saturated heterocycles. The fourth-order valence-corrected chi connectivity index (χ4v) is 3.49. The highest BCUT2D eigenvalue weighted by Crippen LogP contribution is 2.22. The molecular weight excluding hydrogens is 290 g/mol. The van der Waals surface area contributed by atoms with Gasteiger partial charge in [-0.3, -0.25) is 9.36 Å². The summed E-state index contributed by atoms with van der Waals surface area (Å²) in [5.74, 6) is 1.51. The normalized spacial score (nSPS) is 16.3. The first-order valence-corrected chi connectivity index (χ1v) is 8.50. The third-order valence-electron chi connectivity index (χ3n) is 4.71. The molecule has 1 amide bonds. The van der Waals surface area contributed by atoms with Gasteiger partial charge in [0.1, 0.15) is 5.76 Å². The van der Waals surface area contributed by atoms with Crippen LogP contribution in [0.15, 0.2) is 16.7 Å². The van der Waals surface area contributed by atoms with E-state index in [9.17, 15) is 4.79 Å². The van der Waals surface area contributed by atoms with Gasteiger partial charge in [0.15, 0.2) is 5.82 Å². The van der Waals surface area contributed by atoms with E-state index in [0.717, 1.165) is 41.4 Å². The lowest BCUT2D eigenvalue weighted by Gasteiger charge is -2.16. The number of carbonyl (C=O) groups is 1. The molecule has 3 rings (SSSR count). The van der Waals surface area contributed by atoms with Gasteiger partial charge in [0.25, 0.3) is 5.91 Å². The second kappa shape index (κ2) is 6.60. The summed E-state index contributed by atoms with van der Waals surface area (Å²) in [6.07, 6.45) is 7.17. The van der Waals surface area contributed by atoms with Crippen molar-refractivity contribution in [1.29, 1.82) is 0 Å². The molecule has 2 heterocycles. The van der Waals surface area contributed by atoms with Crippen molar-refractivity contribution >= 4 is 5.91 Å². The molecule has 5 heteroatoms. The Hall–Kier alpha value is -2.04. The van der Waals surface area contributed by atoms with Crippen molar-refractivity contribution in [3.63, 3.8) is 0 Å². The van der Waals surface area contributed by atoms with Crippen LogP contribution in [0.2, 0.25) is 0 Å². The summed E-state index contributed by atoms with van der Waals surface area (Å²) in [5.41, 5.74) is 2.62. The van der Waals surface area contributed by atoms with Crippen LogP contribution in [-0.2, 0) is 0 Å². The highest BCUT2D eigenvalue weighted by Gasteiger charge is 2.21. The fraction of sp³-hybridized carbons (Fsp3) is 0.556. The quantitative estimate of drug-likeness (QED) is 0.875. The second-order valence-corrected chi connectivity index (χ2v) is 6.58. The Bertz CT molecular complexity index is 691. The van der Waals surface area contributed by atoms with Crippen molar-refractivity contribution in [2.24, 2.45) is 0 Å². The molecule has 124 valence electrons. The molecule has 0 radical (unpaired) electrons. The van der Waals surface area contributed by atoms with Crippen molar-refractivity contribution in [3.05, 3.63) is 34.8 Å². The zero-order valence-electron chi connectivity index (χ0n) is 14.2. The van der Waals surface area contributed by atoms with E-state index in [1.54, 1.807) is 0 Å². The molecule has 0 aromatic carbocycles. The summed E-state index contributed by atoms with van der Waals surface area (Å²) in [6, 6.07) is 4.13. The molecule has 0 aliphatic heterocycles. The fourth-order valence-electron chi connectivity index (χ4n) is 3.49. The van der Waals surface area contributed by atoms with E-state index >= 15 is 0 Å². The van der Waals surface area contributed by atoms with Gasteiger partial charge in [-0.1, -0.05) is 30.8 Å². The molecule has 1 aliphatic carbocycles. The van der Waals surface area contributed by atoms with E-state index in [1.165, 1.54) is 25.7 Å². The van der Waals surface area contributed by atoms with Crippen molar-refractivity contribution < 1.29 is 9.32 Å². The predicted octanol–water partition coefficient (Wildman–Crippen LogP) is 3.84. The van der Waals surface area contributed by atoms with E-state index in [-0.39, 0.29) is 5.91 Å². The number of hydrogen-bond donors (Lipinski definition) is 1. The molecule has 2 aromatic heterocycles. The first kappa shape index (κ1) is 15.8. The lowest BCUT2D eigenvalue weighted by Crippen LogP contribution is -2.34. The monoisotopic (exact) mass is 315 g/mol. The summed E-state index contributed by atoms with van der Waals surface area (Å²) in [4.78, 5) is 12.7. The molecule has 0 unspecified atom stereocenters. The standard InChI is InChI=1S/C18H25N3O2/c1-12-10-16(14(3)21(12)17-11-13(2)23-20-17)18(22)19-15-8-6-4-5-7-9-15/h10-11,15H,4-9H2,1-3H3,(H,19,22). The van der Waals surface area contributed by atoms with E-state index in [1.807, 2.05) is 37.5 Å². The molecular formula is C18H25N3O2. The van der Waals surface area contributed by atoms with Crippen LogP contribution in [0.3, 0.4) is 0 Å². The largest absolute Gasteiger partial charge is 0.360 e. The molecule has 2 aromatic rings. The minimum absolute atomic E-state index is 0.0245. The molecule has 1 fully saturated rings. The molecule has 1 aliphatic rings. The van der Waals surface area contributed by atoms with Gasteiger partial charge in [0.2, 0.25) is 0 Å². The van der Waals surface area contributed by atoms with Crippen molar-refractivity contribution in [3.8, 4) is 5.82 Å². The number of nitrogens with zero attached hydrogens (tertiary/aromatic N) is 2. The average molecular weight is 315 g/mol. The predicted molar refractivity (Wildman–Crippen MR) is 89.0 cm³/mol. The Kier molecular flexibility index (Phi) is 4.55. The van der Waals surface area contributed by atoms with E-state index < -0.39 is 0 Å². The maximum Gasteiger partial charge on any atom is 0.253 e. The van der Waals surface area contributed by atoms with Crippen LogP contribution in [0.1, 0.15) is 66.0 Å². The number of rotatable bonds is 3. The molecule has 0 bridgehead atoms. The van der Waals surface area contributed by atoms with Gasteiger partial charge in [0, 0.05) is 23.5 Å². The lowest BCUT2D eigenvalue weighted by atomic mass is 10.1. The summed E-state index contributed by atoms with van der Waals surface area (Å²) >= 11 is 0. The maximum absolute atomic E-state index is 12.7. The van der Waals surface area contributed by atoms with E-state index in [4.69, 9.17) is 4.52 Å². The minimum atomic E-state index is 0.0245. The number of aryl methyl sites for hydroxylation is 2. The van der Waals surface area contributed by atoms with Crippen LogP contribution < -0.4 is 5.32 Å². The smallest absolute Gasteiger partial charge is 0.253 e. The zero-order chi connectivity index (χ0) is 16.4. The van der Waals surface area contributed by atoms with Gasteiger partial charge < -0.3 is 9.84 Å². The van der Waals surface area contributed by atoms with Crippen LogP contribution >= 0.6 is 0 Å². The molecule has 1 N–H and O–H groups in total. The molecule has 1 saturated carbocycles. The van der Waals surface area contributed by atoms with Crippen LogP contribution in [0.25, 0.3) is 5.82 Å². The van der Waals surface area contributed by atoms with Crippen LogP contribution in [0.4, 0.5) is 0 Å². The Morgan fingerprint density at radius 3 is 2.48 bits per heavy atom. The number of nitrogens with one attached hydrogen (secondary N) is 1.